The van der Waals surface area contributed by atoms with Crippen molar-refractivity contribution < 1.29 is 59.2 Å². The number of ketones is 2. The van der Waals surface area contributed by atoms with E-state index in [-0.39, 0.29) is 40.5 Å². The van der Waals surface area contributed by atoms with Crippen molar-refractivity contribution in [2.45, 2.75) is 55.9 Å². The van der Waals surface area contributed by atoms with Gasteiger partial charge >= 0.3 is 0 Å². The monoisotopic (exact) mass is 559 g/mol. The Bertz CT molecular complexity index is 1490. The van der Waals surface area contributed by atoms with Gasteiger partial charge in [-0.2, -0.15) is 0 Å². The predicted molar refractivity (Wildman–Crippen MR) is 135 cm³/mol. The van der Waals surface area contributed by atoms with E-state index in [0.717, 1.165) is 7.11 Å². The van der Waals surface area contributed by atoms with Crippen LogP contribution in [0.1, 0.15) is 40.9 Å². The average Bonchev–Trinajstić information content (AvgIpc) is 2.90. The first kappa shape index (κ1) is 27.8. The smallest absolute Gasteiger partial charge is 0.255 e. The maximum Gasteiger partial charge on any atom is 0.255 e. The van der Waals surface area contributed by atoms with Crippen molar-refractivity contribution >= 4 is 28.2 Å². The first-order chi connectivity index (χ1) is 18.8. The third-order valence-corrected chi connectivity index (χ3v) is 8.33. The van der Waals surface area contributed by atoms with Gasteiger partial charge < -0.3 is 50.6 Å². The molecule has 5 rings (SSSR count). The highest BCUT2D eigenvalue weighted by Gasteiger charge is 2.63. The molecule has 7 atom stereocenters. The molecule has 0 bridgehead atoms. The average molecular weight is 560 g/mol. The van der Waals surface area contributed by atoms with Crippen LogP contribution in [0.4, 0.5) is 0 Å². The molecule has 0 radical (unpaired) electrons. The van der Waals surface area contributed by atoms with Crippen LogP contribution in [0.25, 0.3) is 10.8 Å². The van der Waals surface area contributed by atoms with Gasteiger partial charge in [-0.1, -0.05) is 6.07 Å². The summed E-state index contributed by atoms with van der Waals surface area (Å²) in [4.78, 5) is 38.9. The fourth-order valence-corrected chi connectivity index (χ4v) is 6.33. The van der Waals surface area contributed by atoms with Crippen molar-refractivity contribution in [3.63, 3.8) is 0 Å². The highest BCUT2D eigenvalue weighted by atomic mass is 16.5. The predicted octanol–water partition coefficient (Wildman–Crippen LogP) is -0.188. The van der Waals surface area contributed by atoms with Crippen LogP contribution in [0.15, 0.2) is 23.5 Å². The number of methoxy groups -OCH3 is 2. The van der Waals surface area contributed by atoms with Crippen LogP contribution in [0, 0.1) is 5.92 Å². The molecule has 2 aliphatic carbocycles. The van der Waals surface area contributed by atoms with Crippen molar-refractivity contribution in [3.8, 4) is 17.2 Å². The number of hydrogen-bond donors (Lipinski definition) is 7. The van der Waals surface area contributed by atoms with Crippen LogP contribution in [-0.4, -0.2) is 92.3 Å². The molecule has 214 valence electrons. The van der Waals surface area contributed by atoms with Crippen molar-refractivity contribution in [2.75, 3.05) is 14.2 Å². The lowest BCUT2D eigenvalue weighted by Crippen LogP contribution is -2.62. The van der Waals surface area contributed by atoms with Gasteiger partial charge in [-0.15, -0.1) is 0 Å². The topological polar surface area (TPSA) is 226 Å². The van der Waals surface area contributed by atoms with Gasteiger partial charge in [0.15, 0.2) is 5.60 Å². The minimum Gasteiger partial charge on any atom is -0.508 e. The van der Waals surface area contributed by atoms with Crippen LogP contribution in [-0.2, 0) is 25.5 Å². The Morgan fingerprint density at radius 3 is 2.35 bits per heavy atom. The summed E-state index contributed by atoms with van der Waals surface area (Å²) in [5.74, 6) is -7.34. The number of aliphatic hydroxyl groups is 4. The first-order valence-electron chi connectivity index (χ1n) is 12.5. The Kier molecular flexibility index (Phi) is 6.55. The number of ether oxygens (including phenoxy) is 3. The standard InChI is InChI=1S/C27H29NO12/c1-8-18(30)13(29)7-14(40-8)9-4-5-10-15(19(9)31)21(33)16-11(23(10)38-2)6-12-20(32)22(34)17(26(28)37)25(36)27(12,39-3)24(16)35/h4-5,8,12-14,18,20,29-33,36H,6-7H2,1-3H3,(H2,28,37). The lowest BCUT2D eigenvalue weighted by molar-refractivity contribution is -0.163. The molecule has 0 saturated carbocycles. The van der Waals surface area contributed by atoms with Gasteiger partial charge in [-0.05, 0) is 19.4 Å². The SMILES string of the molecule is COc1c2c(c(O)c3c(O)c(C4CC(O)C(O)C(C)O4)ccc13)C(=O)C1(OC)C(O)=C(C(N)=O)C(=O)C(O)C1C2. The molecule has 1 amide bonds. The molecular weight excluding hydrogens is 530 g/mol. The molecule has 40 heavy (non-hydrogen) atoms. The Morgan fingerprint density at radius 1 is 1.10 bits per heavy atom. The van der Waals surface area contributed by atoms with Gasteiger partial charge in [0.2, 0.25) is 11.6 Å². The van der Waals surface area contributed by atoms with E-state index < -0.39 is 87.9 Å². The molecule has 13 heteroatoms. The minimum atomic E-state index is -2.46. The summed E-state index contributed by atoms with van der Waals surface area (Å²) in [5.41, 5.74) is 1.61. The molecule has 0 aromatic heterocycles. The molecule has 7 unspecified atom stereocenters. The Labute approximate surface area is 227 Å². The number of fused-ring (bicyclic) bond motifs is 3. The van der Waals surface area contributed by atoms with E-state index in [2.05, 4.69) is 0 Å². The zero-order valence-corrected chi connectivity index (χ0v) is 21.7. The number of aromatic hydroxyl groups is 2. The number of nitrogens with two attached hydrogens (primary N) is 1. The number of aliphatic hydroxyl groups excluding tert-OH is 4. The summed E-state index contributed by atoms with van der Waals surface area (Å²) in [5, 5.41) is 64.9. The van der Waals surface area contributed by atoms with Gasteiger partial charge in [0.25, 0.3) is 5.91 Å². The van der Waals surface area contributed by atoms with Crippen LogP contribution in [0.5, 0.6) is 17.2 Å². The number of amides is 1. The highest BCUT2D eigenvalue weighted by Crippen LogP contribution is 2.54. The molecular formula is C27H29NO12. The van der Waals surface area contributed by atoms with E-state index in [1.165, 1.54) is 19.2 Å². The van der Waals surface area contributed by atoms with Gasteiger partial charge in [0.05, 0.1) is 36.4 Å². The number of phenolic OH excluding ortho intramolecular Hbond substituents is 2. The summed E-state index contributed by atoms with van der Waals surface area (Å²) >= 11 is 0. The summed E-state index contributed by atoms with van der Waals surface area (Å²) in [7, 11) is 2.31. The Hall–Kier alpha value is -3.75. The van der Waals surface area contributed by atoms with E-state index in [1.807, 2.05) is 0 Å². The van der Waals surface area contributed by atoms with Crippen LogP contribution >= 0.6 is 0 Å². The summed E-state index contributed by atoms with van der Waals surface area (Å²) in [6, 6.07) is 2.99. The third kappa shape index (κ3) is 3.48. The molecule has 1 fully saturated rings. The van der Waals surface area contributed by atoms with E-state index in [9.17, 15) is 45.0 Å². The van der Waals surface area contributed by atoms with E-state index in [4.69, 9.17) is 19.9 Å². The van der Waals surface area contributed by atoms with E-state index in [0.29, 0.717) is 0 Å². The van der Waals surface area contributed by atoms with E-state index >= 15 is 0 Å². The number of carbonyl (C=O) groups excluding carboxylic acids is 3. The molecule has 2 aromatic carbocycles. The molecule has 2 aromatic rings. The summed E-state index contributed by atoms with van der Waals surface area (Å²) in [6.07, 6.45) is -6.30. The molecule has 1 saturated heterocycles. The van der Waals surface area contributed by atoms with E-state index in [1.54, 1.807) is 6.92 Å². The normalized spacial score (nSPS) is 32.1. The van der Waals surface area contributed by atoms with Crippen LogP contribution in [0.3, 0.4) is 0 Å². The molecule has 8 N–H and O–H groups in total. The number of rotatable bonds is 4. The zero-order valence-electron chi connectivity index (χ0n) is 21.7. The van der Waals surface area contributed by atoms with Gasteiger partial charge in [-0.25, -0.2) is 0 Å². The lowest BCUT2D eigenvalue weighted by atomic mass is 9.62. The van der Waals surface area contributed by atoms with Gasteiger partial charge in [0.1, 0.15) is 40.8 Å². The van der Waals surface area contributed by atoms with Crippen molar-refractivity contribution in [1.29, 1.82) is 0 Å². The quantitative estimate of drug-likeness (QED) is 0.242. The third-order valence-electron chi connectivity index (χ3n) is 8.33. The second-order valence-electron chi connectivity index (χ2n) is 10.3. The van der Waals surface area contributed by atoms with Crippen LogP contribution < -0.4 is 10.5 Å². The molecule has 3 aliphatic rings. The minimum absolute atomic E-state index is 0.0416. The number of benzene rings is 2. The Balaban J connectivity index is 1.78. The fourth-order valence-electron chi connectivity index (χ4n) is 6.33. The number of hydrogen-bond acceptors (Lipinski definition) is 12. The number of Topliss-reactive ketones (excluding diaryl/α,β-unsaturated/α-hetero) is 2. The fraction of sp³-hybridized carbons (Fsp3) is 0.444. The van der Waals surface area contributed by atoms with Gasteiger partial charge in [-0.3, -0.25) is 14.4 Å². The molecule has 1 heterocycles. The van der Waals surface area contributed by atoms with Crippen LogP contribution in [0.2, 0.25) is 0 Å². The van der Waals surface area contributed by atoms with Gasteiger partial charge in [0, 0.05) is 36.0 Å². The molecule has 0 spiro atoms. The maximum absolute atomic E-state index is 14.1. The Morgan fingerprint density at radius 2 is 1.77 bits per heavy atom. The molecule has 1 aliphatic heterocycles. The zero-order chi connectivity index (χ0) is 29.4. The second-order valence-corrected chi connectivity index (χ2v) is 10.3. The number of phenols is 2. The maximum atomic E-state index is 14.1. The summed E-state index contributed by atoms with van der Waals surface area (Å²) in [6.45, 7) is 1.55. The lowest BCUT2D eigenvalue weighted by Gasteiger charge is -2.46. The number of primary amides is 1. The highest BCUT2D eigenvalue weighted by molar-refractivity contribution is 6.25. The largest absolute Gasteiger partial charge is 0.508 e. The van der Waals surface area contributed by atoms with Crippen molar-refractivity contribution in [3.05, 3.63) is 40.2 Å². The first-order valence-corrected chi connectivity index (χ1v) is 12.5. The van der Waals surface area contributed by atoms with Crippen molar-refractivity contribution in [2.24, 2.45) is 11.7 Å². The number of carbonyl (C=O) groups is 3. The molecule has 13 nitrogen and oxygen atoms in total. The van der Waals surface area contributed by atoms with Crippen molar-refractivity contribution in [1.82, 2.24) is 0 Å². The second kappa shape index (κ2) is 9.42. The summed E-state index contributed by atoms with van der Waals surface area (Å²) < 4.78 is 16.8.